The van der Waals surface area contributed by atoms with Crippen LogP contribution in [0.15, 0.2) is 84.9 Å². The average molecular weight is 476 g/mol. The first-order chi connectivity index (χ1) is 15.7. The molecule has 1 saturated carbocycles. The molecular weight excluding hydrogens is 456 g/mol. The maximum absolute atomic E-state index is 13.6. The predicted octanol–water partition coefficient (Wildman–Crippen LogP) is 4.47. The molecule has 1 N–H and O–H groups in total. The fourth-order valence-corrected chi connectivity index (χ4v) is 5.32. The van der Waals surface area contributed by atoms with Crippen molar-refractivity contribution in [3.63, 3.8) is 0 Å². The van der Waals surface area contributed by atoms with Gasteiger partial charge in [0.1, 0.15) is 5.60 Å². The minimum absolute atomic E-state index is 0. The number of hydrogen-bond donors (Lipinski definition) is 1. The predicted molar refractivity (Wildman–Crippen MR) is 113 cm³/mol. The number of carbonyl (C=O) groups is 1. The Bertz CT molecular complexity index is 1110. The van der Waals surface area contributed by atoms with Crippen LogP contribution in [0.2, 0.25) is 0 Å². The zero-order chi connectivity index (χ0) is 23.8. The Hall–Kier alpha value is -2.96. The van der Waals surface area contributed by atoms with Crippen LogP contribution in [0.3, 0.4) is 0 Å². The quantitative estimate of drug-likeness (QED) is 0.436. The van der Waals surface area contributed by atoms with Crippen molar-refractivity contribution in [1.29, 1.82) is 0 Å². The van der Waals surface area contributed by atoms with E-state index in [9.17, 15) is 9.90 Å². The van der Waals surface area contributed by atoms with E-state index in [2.05, 4.69) is 32.1 Å². The largest absolute Gasteiger partial charge is 6.00 e. The van der Waals surface area contributed by atoms with Gasteiger partial charge < -0.3 is 5.11 Å². The SMILES string of the molecule is O=C1c2ccccc2C2(O)C(c3ccccc3)CCC12c1ccccc1.[C-]#[O+].[C-]#[O+].[C-]#[O+].[Cr+6]. The second-order valence-electron chi connectivity index (χ2n) is 7.41. The van der Waals surface area contributed by atoms with Crippen molar-refractivity contribution in [2.75, 3.05) is 0 Å². The fourth-order valence-electron chi connectivity index (χ4n) is 5.32. The molecule has 2 aliphatic rings. The zero-order valence-corrected chi connectivity index (χ0v) is 18.8. The van der Waals surface area contributed by atoms with E-state index < -0.39 is 11.0 Å². The molecule has 0 saturated heterocycles. The fraction of sp³-hybridized carbons (Fsp3) is 0.185. The van der Waals surface area contributed by atoms with Crippen molar-refractivity contribution < 1.29 is 41.2 Å². The van der Waals surface area contributed by atoms with Crippen molar-refractivity contribution in [1.82, 2.24) is 0 Å². The van der Waals surface area contributed by atoms with E-state index >= 15 is 0 Å². The van der Waals surface area contributed by atoms with Gasteiger partial charge in [0.15, 0.2) is 5.78 Å². The first-order valence-corrected chi connectivity index (χ1v) is 9.78. The second kappa shape index (κ2) is 12.3. The summed E-state index contributed by atoms with van der Waals surface area (Å²) < 4.78 is 22.5. The molecule has 158 valence electrons. The van der Waals surface area contributed by atoms with Crippen LogP contribution in [0.5, 0.6) is 0 Å². The van der Waals surface area contributed by atoms with E-state index in [0.717, 1.165) is 23.1 Å². The van der Waals surface area contributed by atoms with Gasteiger partial charge in [-0.1, -0.05) is 84.9 Å². The summed E-state index contributed by atoms with van der Waals surface area (Å²) in [7, 11) is 0. The maximum atomic E-state index is 13.6. The van der Waals surface area contributed by atoms with Crippen LogP contribution in [-0.4, -0.2) is 10.9 Å². The van der Waals surface area contributed by atoms with Gasteiger partial charge in [-0.25, -0.2) is 0 Å². The molecule has 3 atom stereocenters. The molecule has 0 bridgehead atoms. The Balaban J connectivity index is 0.000000723. The number of aliphatic hydroxyl groups is 1. The van der Waals surface area contributed by atoms with Crippen LogP contribution >= 0.6 is 0 Å². The molecule has 0 amide bonds. The normalized spacial score (nSPS) is 23.4. The van der Waals surface area contributed by atoms with Crippen molar-refractivity contribution in [2.45, 2.75) is 29.8 Å². The summed E-state index contributed by atoms with van der Waals surface area (Å²) in [5.41, 5.74) is 1.33. The van der Waals surface area contributed by atoms with Crippen LogP contribution in [0.25, 0.3) is 0 Å². The number of fused-ring (bicyclic) bond motifs is 3. The van der Waals surface area contributed by atoms with Gasteiger partial charge in [0.2, 0.25) is 0 Å². The zero-order valence-electron chi connectivity index (χ0n) is 17.6. The van der Waals surface area contributed by atoms with Gasteiger partial charge in [-0.2, -0.15) is 0 Å². The molecule has 0 spiro atoms. The average Bonchev–Trinajstić information content (AvgIpc) is 3.31. The summed E-state index contributed by atoms with van der Waals surface area (Å²) in [6, 6.07) is 27.6. The summed E-state index contributed by atoms with van der Waals surface area (Å²) >= 11 is 0. The molecule has 1 fully saturated rings. The van der Waals surface area contributed by atoms with Crippen LogP contribution < -0.4 is 0 Å². The summed E-state index contributed by atoms with van der Waals surface area (Å²) in [5, 5.41) is 12.2. The van der Waals surface area contributed by atoms with Crippen LogP contribution in [0, 0.1) is 20.0 Å². The third-order valence-electron chi connectivity index (χ3n) is 6.40. The van der Waals surface area contributed by atoms with Gasteiger partial charge in [0.05, 0.1) is 5.41 Å². The first kappa shape index (κ1) is 28.1. The molecule has 33 heavy (non-hydrogen) atoms. The molecule has 2 aliphatic carbocycles. The molecule has 3 unspecified atom stereocenters. The minimum atomic E-state index is -1.22. The van der Waals surface area contributed by atoms with E-state index in [1.54, 1.807) is 0 Å². The molecule has 3 aromatic rings. The summed E-state index contributed by atoms with van der Waals surface area (Å²) in [6.45, 7) is 13.5. The monoisotopic (exact) mass is 476 g/mol. The standard InChI is InChI=1S/C24H20O2.3CO.Cr/c25-22-19-13-7-8-14-21(19)24(26)20(17-9-3-1-4-10-17)15-16-23(22,24)18-11-5-2-6-12-18;3*1-2;/h1-14,20,26H,15-16H2;;;;/q;;;;+6. The maximum Gasteiger partial charge on any atom is 6.00 e. The number of benzene rings is 3. The summed E-state index contributed by atoms with van der Waals surface area (Å²) in [6.07, 6.45) is 1.44. The number of Topliss-reactive ketones (excluding diaryl/α,β-unsaturated/α-hetero) is 1. The van der Waals surface area contributed by atoms with E-state index in [1.807, 2.05) is 72.8 Å². The molecule has 5 nitrogen and oxygen atoms in total. The Kier molecular flexibility index (Phi) is 10.5. The Morgan fingerprint density at radius 1 is 0.758 bits per heavy atom. The van der Waals surface area contributed by atoms with Crippen LogP contribution in [0.1, 0.15) is 45.8 Å². The van der Waals surface area contributed by atoms with Gasteiger partial charge in [-0.15, -0.1) is 0 Å². The number of carbonyl (C=O) groups excluding carboxylic acids is 1. The van der Waals surface area contributed by atoms with Crippen LogP contribution in [0.4, 0.5) is 0 Å². The van der Waals surface area contributed by atoms with E-state index in [-0.39, 0.29) is 29.1 Å². The van der Waals surface area contributed by atoms with E-state index in [4.69, 9.17) is 14.0 Å². The van der Waals surface area contributed by atoms with E-state index in [1.165, 1.54) is 0 Å². The summed E-state index contributed by atoms with van der Waals surface area (Å²) in [4.78, 5) is 13.6. The molecule has 0 radical (unpaired) electrons. The van der Waals surface area contributed by atoms with Gasteiger partial charge in [0.25, 0.3) is 0 Å². The molecule has 0 heterocycles. The Morgan fingerprint density at radius 2 is 1.24 bits per heavy atom. The van der Waals surface area contributed by atoms with Crippen LogP contribution in [-0.2, 0) is 42.3 Å². The molecule has 5 rings (SSSR count). The molecular formula is C27H20CrO5+6. The van der Waals surface area contributed by atoms with Gasteiger partial charge in [0, 0.05) is 11.5 Å². The Morgan fingerprint density at radius 3 is 1.82 bits per heavy atom. The Labute approximate surface area is 203 Å². The first-order valence-electron chi connectivity index (χ1n) is 9.78. The molecule has 0 aromatic heterocycles. The van der Waals surface area contributed by atoms with Gasteiger partial charge >= 0.3 is 51.3 Å². The minimum Gasteiger partial charge on any atom is 6.00 e. The molecule has 6 heteroatoms. The topological polar surface area (TPSA) is 97.0 Å². The second-order valence-corrected chi connectivity index (χ2v) is 7.41. The van der Waals surface area contributed by atoms with Crippen molar-refractivity contribution in [3.05, 3.63) is 127 Å². The number of rotatable bonds is 2. The van der Waals surface area contributed by atoms with E-state index in [0.29, 0.717) is 12.0 Å². The van der Waals surface area contributed by atoms with Gasteiger partial charge in [-0.3, -0.25) is 4.79 Å². The number of ketones is 1. The third-order valence-corrected chi connectivity index (χ3v) is 6.40. The number of hydrogen-bond acceptors (Lipinski definition) is 2. The third kappa shape index (κ3) is 4.21. The van der Waals surface area contributed by atoms with Crippen molar-refractivity contribution in [2.24, 2.45) is 0 Å². The summed E-state index contributed by atoms with van der Waals surface area (Å²) in [5.74, 6) is -0.0447. The smallest absolute Gasteiger partial charge is 6.00 e. The molecule has 0 aliphatic heterocycles. The van der Waals surface area contributed by atoms with Crippen molar-refractivity contribution in [3.8, 4) is 0 Å². The van der Waals surface area contributed by atoms with Crippen molar-refractivity contribution >= 4 is 5.78 Å². The van der Waals surface area contributed by atoms with Gasteiger partial charge in [-0.05, 0) is 29.5 Å². The molecule has 3 aromatic carbocycles.